The van der Waals surface area contributed by atoms with E-state index in [9.17, 15) is 0 Å². The second-order valence-corrected chi connectivity index (χ2v) is 5.26. The molecule has 1 atom stereocenters. The van der Waals surface area contributed by atoms with E-state index in [-0.39, 0.29) is 0 Å². The third-order valence-electron chi connectivity index (χ3n) is 3.94. The molecule has 1 saturated carbocycles. The molecule has 0 bridgehead atoms. The number of furan rings is 1. The van der Waals surface area contributed by atoms with Gasteiger partial charge >= 0.3 is 0 Å². The average molecular weight is 235 g/mol. The second kappa shape index (κ2) is 6.85. The maximum atomic E-state index is 5.22. The van der Waals surface area contributed by atoms with Gasteiger partial charge in [0.05, 0.1) is 12.5 Å². The van der Waals surface area contributed by atoms with Crippen LogP contribution in [0.3, 0.4) is 0 Å². The van der Waals surface area contributed by atoms with Crippen LogP contribution in [-0.2, 0) is 0 Å². The van der Waals surface area contributed by atoms with E-state index in [1.807, 2.05) is 6.26 Å². The summed E-state index contributed by atoms with van der Waals surface area (Å²) in [5, 5.41) is 3.59. The summed E-state index contributed by atoms with van der Waals surface area (Å²) < 4.78 is 5.22. The van der Waals surface area contributed by atoms with Crippen LogP contribution >= 0.6 is 0 Å². The van der Waals surface area contributed by atoms with Crippen LogP contribution in [0.4, 0.5) is 0 Å². The first kappa shape index (κ1) is 12.7. The van der Waals surface area contributed by atoms with Gasteiger partial charge in [-0.2, -0.15) is 0 Å². The molecule has 2 rings (SSSR count). The molecule has 0 amide bonds. The van der Waals surface area contributed by atoms with E-state index in [0.717, 1.165) is 12.5 Å². The largest absolute Gasteiger partial charge is 0.472 e. The summed E-state index contributed by atoms with van der Waals surface area (Å²) in [6.07, 6.45) is 13.5. The standard InChI is InChI=1S/C15H25NO/c1-2-16-15(14-9-10-17-12-14)11-13-7-5-3-4-6-8-13/h9-10,12-13,15-16H,2-8,11H2,1H3. The Balaban J connectivity index is 1.92. The lowest BCUT2D eigenvalue weighted by Gasteiger charge is -2.22. The van der Waals surface area contributed by atoms with E-state index >= 15 is 0 Å². The number of hydrogen-bond donors (Lipinski definition) is 1. The monoisotopic (exact) mass is 235 g/mol. The van der Waals surface area contributed by atoms with Gasteiger partial charge in [0.2, 0.25) is 0 Å². The molecule has 17 heavy (non-hydrogen) atoms. The maximum Gasteiger partial charge on any atom is 0.0950 e. The summed E-state index contributed by atoms with van der Waals surface area (Å²) in [5.41, 5.74) is 1.32. The van der Waals surface area contributed by atoms with Gasteiger partial charge in [-0.1, -0.05) is 45.4 Å². The van der Waals surface area contributed by atoms with Gasteiger partial charge in [0.15, 0.2) is 0 Å². The van der Waals surface area contributed by atoms with Crippen molar-refractivity contribution in [2.24, 2.45) is 5.92 Å². The highest BCUT2D eigenvalue weighted by Crippen LogP contribution is 2.31. The van der Waals surface area contributed by atoms with Crippen LogP contribution < -0.4 is 5.32 Å². The zero-order valence-electron chi connectivity index (χ0n) is 11.0. The smallest absolute Gasteiger partial charge is 0.0950 e. The van der Waals surface area contributed by atoms with Crippen molar-refractivity contribution in [3.8, 4) is 0 Å². The molecule has 1 N–H and O–H groups in total. The van der Waals surface area contributed by atoms with Gasteiger partial charge in [0, 0.05) is 11.6 Å². The SMILES string of the molecule is CCNC(CC1CCCCCC1)c1ccoc1. The molecular weight excluding hydrogens is 210 g/mol. The van der Waals surface area contributed by atoms with Crippen molar-refractivity contribution < 1.29 is 4.42 Å². The van der Waals surface area contributed by atoms with Crippen molar-refractivity contribution in [1.29, 1.82) is 0 Å². The number of hydrogen-bond acceptors (Lipinski definition) is 2. The van der Waals surface area contributed by atoms with Crippen molar-refractivity contribution in [2.45, 2.75) is 57.9 Å². The Bertz CT molecular complexity index is 286. The first-order chi connectivity index (χ1) is 8.40. The molecule has 1 heterocycles. The minimum absolute atomic E-state index is 0.488. The zero-order chi connectivity index (χ0) is 11.9. The van der Waals surface area contributed by atoms with Crippen LogP contribution in [0, 0.1) is 5.92 Å². The van der Waals surface area contributed by atoms with Gasteiger partial charge in [-0.15, -0.1) is 0 Å². The molecule has 1 aromatic heterocycles. The van der Waals surface area contributed by atoms with Crippen molar-refractivity contribution >= 4 is 0 Å². The molecule has 1 aliphatic rings. The second-order valence-electron chi connectivity index (χ2n) is 5.26. The Kier molecular flexibility index (Phi) is 5.11. The molecule has 96 valence electrons. The van der Waals surface area contributed by atoms with Crippen molar-refractivity contribution in [1.82, 2.24) is 5.32 Å². The summed E-state index contributed by atoms with van der Waals surface area (Å²) >= 11 is 0. The van der Waals surface area contributed by atoms with Gasteiger partial charge in [-0.3, -0.25) is 0 Å². The highest BCUT2D eigenvalue weighted by molar-refractivity contribution is 5.11. The quantitative estimate of drug-likeness (QED) is 0.770. The van der Waals surface area contributed by atoms with E-state index in [1.54, 1.807) is 6.26 Å². The van der Waals surface area contributed by atoms with E-state index in [1.165, 1.54) is 50.5 Å². The minimum Gasteiger partial charge on any atom is -0.472 e. The molecule has 1 unspecified atom stereocenters. The molecule has 0 aromatic carbocycles. The summed E-state index contributed by atoms with van der Waals surface area (Å²) in [6, 6.07) is 2.59. The van der Waals surface area contributed by atoms with Crippen LogP contribution in [0.15, 0.2) is 23.0 Å². The van der Waals surface area contributed by atoms with Crippen molar-refractivity contribution in [2.75, 3.05) is 6.54 Å². The van der Waals surface area contributed by atoms with Crippen LogP contribution in [0.5, 0.6) is 0 Å². The van der Waals surface area contributed by atoms with Crippen molar-refractivity contribution in [3.63, 3.8) is 0 Å². The first-order valence-electron chi connectivity index (χ1n) is 7.15. The normalized spacial score (nSPS) is 20.1. The van der Waals surface area contributed by atoms with Crippen LogP contribution in [-0.4, -0.2) is 6.54 Å². The van der Waals surface area contributed by atoms with E-state index in [0.29, 0.717) is 6.04 Å². The molecule has 2 heteroatoms. The third kappa shape index (κ3) is 3.88. The van der Waals surface area contributed by atoms with Crippen molar-refractivity contribution in [3.05, 3.63) is 24.2 Å². The van der Waals surface area contributed by atoms with Crippen LogP contribution in [0.25, 0.3) is 0 Å². The molecule has 2 nitrogen and oxygen atoms in total. The lowest BCUT2D eigenvalue weighted by molar-refractivity contribution is 0.358. The van der Waals surface area contributed by atoms with Gasteiger partial charge in [-0.25, -0.2) is 0 Å². The molecule has 0 spiro atoms. The average Bonchev–Trinajstić information content (AvgIpc) is 2.75. The van der Waals surface area contributed by atoms with Gasteiger partial charge in [0.1, 0.15) is 0 Å². The first-order valence-corrected chi connectivity index (χ1v) is 7.15. The highest BCUT2D eigenvalue weighted by atomic mass is 16.3. The Morgan fingerprint density at radius 1 is 1.29 bits per heavy atom. The topological polar surface area (TPSA) is 25.2 Å². The molecule has 1 aliphatic carbocycles. The van der Waals surface area contributed by atoms with Gasteiger partial charge in [0.25, 0.3) is 0 Å². The predicted molar refractivity (Wildman–Crippen MR) is 70.9 cm³/mol. The van der Waals surface area contributed by atoms with E-state index < -0.39 is 0 Å². The number of rotatable bonds is 5. The number of nitrogens with one attached hydrogen (secondary N) is 1. The molecule has 1 fully saturated rings. The summed E-state index contributed by atoms with van der Waals surface area (Å²) in [5.74, 6) is 0.899. The van der Waals surface area contributed by atoms with Crippen LogP contribution in [0.2, 0.25) is 0 Å². The molecule has 0 aliphatic heterocycles. The Hall–Kier alpha value is -0.760. The Labute approximate surface area is 105 Å². The molecule has 0 saturated heterocycles. The summed E-state index contributed by atoms with van der Waals surface area (Å²) in [4.78, 5) is 0. The molecular formula is C15H25NO. The predicted octanol–water partition coefficient (Wildman–Crippen LogP) is 4.29. The Morgan fingerprint density at radius 2 is 2.06 bits per heavy atom. The molecule has 1 aromatic rings. The van der Waals surface area contributed by atoms with E-state index in [2.05, 4.69) is 18.3 Å². The van der Waals surface area contributed by atoms with Crippen LogP contribution in [0.1, 0.15) is 63.5 Å². The van der Waals surface area contributed by atoms with Gasteiger partial charge < -0.3 is 9.73 Å². The zero-order valence-corrected chi connectivity index (χ0v) is 11.0. The fraction of sp³-hybridized carbons (Fsp3) is 0.733. The molecule has 0 radical (unpaired) electrons. The lowest BCUT2D eigenvalue weighted by atomic mass is 9.90. The van der Waals surface area contributed by atoms with Gasteiger partial charge in [-0.05, 0) is 24.9 Å². The fourth-order valence-electron chi connectivity index (χ4n) is 2.99. The third-order valence-corrected chi connectivity index (χ3v) is 3.94. The lowest BCUT2D eigenvalue weighted by Crippen LogP contribution is -2.23. The van der Waals surface area contributed by atoms with E-state index in [4.69, 9.17) is 4.42 Å². The fourth-order valence-corrected chi connectivity index (χ4v) is 2.99. The maximum absolute atomic E-state index is 5.22. The highest BCUT2D eigenvalue weighted by Gasteiger charge is 2.19. The summed E-state index contributed by atoms with van der Waals surface area (Å²) in [6.45, 7) is 3.21. The Morgan fingerprint density at radius 3 is 2.65 bits per heavy atom. The summed E-state index contributed by atoms with van der Waals surface area (Å²) in [7, 11) is 0. The minimum atomic E-state index is 0.488.